The lowest BCUT2D eigenvalue weighted by atomic mass is 9.85. The highest BCUT2D eigenvalue weighted by atomic mass is 16.7. The summed E-state index contributed by atoms with van der Waals surface area (Å²) in [4.78, 5) is 13.3. The van der Waals surface area contributed by atoms with Crippen LogP contribution in [0.5, 0.6) is 0 Å². The fourth-order valence-electron chi connectivity index (χ4n) is 4.86. The summed E-state index contributed by atoms with van der Waals surface area (Å²) in [7, 11) is 3.46. The molecule has 33 heavy (non-hydrogen) atoms. The van der Waals surface area contributed by atoms with Crippen molar-refractivity contribution in [3.8, 4) is 0 Å². The molecule has 3 rings (SSSR count). The van der Waals surface area contributed by atoms with E-state index < -0.39 is 66.4 Å². The first-order chi connectivity index (χ1) is 15.5. The number of hydrogen-bond acceptors (Lipinski definition) is 12. The maximum Gasteiger partial charge on any atom is 0.193 e. The van der Waals surface area contributed by atoms with Crippen LogP contribution in [0.4, 0.5) is 0 Å². The van der Waals surface area contributed by atoms with Crippen LogP contribution in [0.15, 0.2) is 0 Å². The van der Waals surface area contributed by atoms with Gasteiger partial charge in [-0.2, -0.15) is 0 Å². The maximum atomic E-state index is 13.3. The second-order valence-corrected chi connectivity index (χ2v) is 9.73. The van der Waals surface area contributed by atoms with Crippen LogP contribution in [0.2, 0.25) is 0 Å². The van der Waals surface area contributed by atoms with E-state index in [1.54, 1.807) is 14.0 Å². The normalized spacial score (nSPS) is 48.0. The molecule has 2 aliphatic heterocycles. The molecule has 192 valence electrons. The number of nitrogens with one attached hydrogen (secondary N) is 2. The third-order valence-corrected chi connectivity index (χ3v) is 7.04. The number of nitrogens with two attached hydrogens (primary N) is 3. The standard InChI is InChI=1S/C21H41N5O7/c1-9(25-3)13-6-5-10(22)19(31-13)32-16-11(23)7-12(24)17(14(16)27)33-20-15(28)18(26-4)21(2,29)8-30-20/h9-13,15-20,25-26,28-29H,5-8,22-24H2,1-4H3/t9?,10-,11?,12?,13?,15-,16?,17+,18-,19-,20?,21+/m1/s1. The molecule has 0 radical (unpaired) electrons. The summed E-state index contributed by atoms with van der Waals surface area (Å²) in [6.45, 7) is 3.46. The highest BCUT2D eigenvalue weighted by Gasteiger charge is 2.50. The molecule has 12 atom stereocenters. The Morgan fingerprint density at radius 1 is 1.09 bits per heavy atom. The Labute approximate surface area is 194 Å². The molecule has 10 N–H and O–H groups in total. The number of aliphatic hydroxyl groups is 2. The molecule has 3 fully saturated rings. The number of likely N-dealkylation sites (N-methyl/N-ethyl adjacent to an activating group) is 2. The number of carbonyl (C=O) groups is 1. The van der Waals surface area contributed by atoms with Crippen LogP contribution < -0.4 is 27.8 Å². The Morgan fingerprint density at radius 3 is 2.27 bits per heavy atom. The van der Waals surface area contributed by atoms with Gasteiger partial charge in [0.05, 0.1) is 24.8 Å². The molecule has 0 bridgehead atoms. The van der Waals surface area contributed by atoms with E-state index in [9.17, 15) is 15.0 Å². The van der Waals surface area contributed by atoms with Gasteiger partial charge in [0, 0.05) is 18.1 Å². The van der Waals surface area contributed by atoms with Crippen LogP contribution in [0.3, 0.4) is 0 Å². The molecular weight excluding hydrogens is 434 g/mol. The minimum Gasteiger partial charge on any atom is -0.386 e. The number of Topliss-reactive ketones (excluding diaryl/α,β-unsaturated/α-hetero) is 1. The zero-order valence-corrected chi connectivity index (χ0v) is 19.8. The summed E-state index contributed by atoms with van der Waals surface area (Å²) >= 11 is 0. The largest absolute Gasteiger partial charge is 0.386 e. The summed E-state index contributed by atoms with van der Waals surface area (Å²) in [6, 6.07) is -2.40. The van der Waals surface area contributed by atoms with Crippen LogP contribution >= 0.6 is 0 Å². The first-order valence-corrected chi connectivity index (χ1v) is 11.6. The lowest BCUT2D eigenvalue weighted by Crippen LogP contribution is -2.68. The molecule has 2 saturated heterocycles. The molecule has 0 aromatic heterocycles. The second-order valence-electron chi connectivity index (χ2n) is 9.73. The number of ether oxygens (including phenoxy) is 4. The van der Waals surface area contributed by atoms with Crippen molar-refractivity contribution in [1.29, 1.82) is 0 Å². The van der Waals surface area contributed by atoms with Crippen molar-refractivity contribution in [1.82, 2.24) is 10.6 Å². The third-order valence-electron chi connectivity index (χ3n) is 7.04. The van der Waals surface area contributed by atoms with Crippen molar-refractivity contribution in [2.24, 2.45) is 17.2 Å². The van der Waals surface area contributed by atoms with Crippen molar-refractivity contribution >= 4 is 5.78 Å². The summed E-state index contributed by atoms with van der Waals surface area (Å²) in [5.41, 5.74) is 17.3. The summed E-state index contributed by atoms with van der Waals surface area (Å²) in [5, 5.41) is 27.1. The van der Waals surface area contributed by atoms with Gasteiger partial charge in [-0.1, -0.05) is 0 Å². The number of aliphatic hydroxyl groups excluding tert-OH is 1. The number of carbonyl (C=O) groups excluding carboxylic acids is 1. The van der Waals surface area contributed by atoms with Gasteiger partial charge in [-0.3, -0.25) is 4.79 Å². The first-order valence-electron chi connectivity index (χ1n) is 11.6. The molecule has 1 saturated carbocycles. The van der Waals surface area contributed by atoms with Gasteiger partial charge >= 0.3 is 0 Å². The molecule has 12 nitrogen and oxygen atoms in total. The Hall–Kier alpha value is -0.770. The van der Waals surface area contributed by atoms with E-state index in [0.717, 1.165) is 6.42 Å². The van der Waals surface area contributed by atoms with Crippen molar-refractivity contribution in [3.05, 3.63) is 0 Å². The molecule has 12 heteroatoms. The second kappa shape index (κ2) is 10.9. The number of hydrogen-bond donors (Lipinski definition) is 7. The third kappa shape index (κ3) is 5.73. The molecule has 1 aliphatic carbocycles. The van der Waals surface area contributed by atoms with Gasteiger partial charge in [-0.05, 0) is 47.2 Å². The minimum atomic E-state index is -1.31. The molecule has 0 spiro atoms. The van der Waals surface area contributed by atoms with Crippen LogP contribution in [0.1, 0.15) is 33.1 Å². The molecule has 0 aromatic carbocycles. The van der Waals surface area contributed by atoms with E-state index in [-0.39, 0.29) is 25.2 Å². The molecule has 0 amide bonds. The average Bonchev–Trinajstić information content (AvgIpc) is 2.76. The first kappa shape index (κ1) is 26.8. The predicted octanol–water partition coefficient (Wildman–Crippen LogP) is -3.12. The van der Waals surface area contributed by atoms with E-state index in [2.05, 4.69) is 10.6 Å². The van der Waals surface area contributed by atoms with Crippen molar-refractivity contribution < 1.29 is 34.0 Å². The van der Waals surface area contributed by atoms with Gasteiger partial charge in [0.2, 0.25) is 0 Å². The van der Waals surface area contributed by atoms with E-state index in [1.807, 2.05) is 14.0 Å². The maximum absolute atomic E-state index is 13.3. The topological polar surface area (TPSA) is 197 Å². The Morgan fingerprint density at radius 2 is 1.70 bits per heavy atom. The van der Waals surface area contributed by atoms with E-state index in [1.165, 1.54) is 0 Å². The smallest absolute Gasteiger partial charge is 0.193 e. The van der Waals surface area contributed by atoms with E-state index in [0.29, 0.717) is 6.42 Å². The van der Waals surface area contributed by atoms with Gasteiger partial charge in [0.15, 0.2) is 18.4 Å². The average molecular weight is 476 g/mol. The molecule has 6 unspecified atom stereocenters. The predicted molar refractivity (Wildman–Crippen MR) is 119 cm³/mol. The SMILES string of the molecule is CNC(C)C1CC[C@@H](N)[C@@H](OC2C(=O)[C@@H](OC3OC[C@](C)(O)[C@H](NC)[C@H]3O)C(N)CC2N)O1. The Balaban J connectivity index is 1.69. The van der Waals surface area contributed by atoms with E-state index >= 15 is 0 Å². The van der Waals surface area contributed by atoms with Crippen LogP contribution in [-0.4, -0.2) is 110 Å². The minimum absolute atomic E-state index is 0.0890. The van der Waals surface area contributed by atoms with Crippen molar-refractivity contribution in [3.63, 3.8) is 0 Å². The van der Waals surface area contributed by atoms with Gasteiger partial charge in [-0.25, -0.2) is 0 Å². The molecule has 0 aromatic rings. The van der Waals surface area contributed by atoms with Crippen LogP contribution in [-0.2, 0) is 23.7 Å². The Kier molecular flexibility index (Phi) is 8.84. The lowest BCUT2D eigenvalue weighted by Gasteiger charge is -2.46. The Bertz CT molecular complexity index is 671. The number of rotatable bonds is 7. The number of ketones is 1. The monoisotopic (exact) mass is 475 g/mol. The molecular formula is C21H41N5O7. The van der Waals surface area contributed by atoms with Crippen molar-refractivity contribution in [2.75, 3.05) is 20.7 Å². The summed E-state index contributed by atoms with van der Waals surface area (Å²) < 4.78 is 23.4. The quantitative estimate of drug-likeness (QED) is 0.196. The zero-order valence-electron chi connectivity index (χ0n) is 19.8. The van der Waals surface area contributed by atoms with Gasteiger partial charge in [0.25, 0.3) is 0 Å². The fraction of sp³-hybridized carbons (Fsp3) is 0.952. The van der Waals surface area contributed by atoms with Gasteiger partial charge < -0.3 is 57.0 Å². The van der Waals surface area contributed by atoms with Crippen LogP contribution in [0.25, 0.3) is 0 Å². The summed E-state index contributed by atoms with van der Waals surface area (Å²) in [6.07, 6.45) is -3.72. The zero-order chi connectivity index (χ0) is 24.5. The highest BCUT2D eigenvalue weighted by molar-refractivity contribution is 5.90. The van der Waals surface area contributed by atoms with Crippen molar-refractivity contribution in [2.45, 2.75) is 106 Å². The lowest BCUT2D eigenvalue weighted by molar-refractivity contribution is -0.283. The summed E-state index contributed by atoms with van der Waals surface area (Å²) in [5.74, 6) is -0.449. The molecule has 2 heterocycles. The molecule has 3 aliphatic rings. The fourth-order valence-corrected chi connectivity index (χ4v) is 4.86. The van der Waals surface area contributed by atoms with E-state index in [4.69, 9.17) is 36.1 Å². The van der Waals surface area contributed by atoms with Gasteiger partial charge in [-0.15, -0.1) is 0 Å². The highest BCUT2D eigenvalue weighted by Crippen LogP contribution is 2.30. The van der Waals surface area contributed by atoms with Crippen LogP contribution in [0, 0.1) is 0 Å². The van der Waals surface area contributed by atoms with Gasteiger partial charge in [0.1, 0.15) is 23.9 Å².